The Labute approximate surface area is 375 Å². The summed E-state index contributed by atoms with van der Waals surface area (Å²) in [6.07, 6.45) is 0.332. The van der Waals surface area contributed by atoms with Gasteiger partial charge in [-0.1, -0.05) is 93.5 Å². The summed E-state index contributed by atoms with van der Waals surface area (Å²) in [5, 5.41) is 37.6. The zero-order valence-corrected chi connectivity index (χ0v) is 40.1. The SMILES string of the molecule is Cc1cc(CCC(=O)OCC(C)(C)C2OCC3(CO2)COC(C(C)(C)COC(=O)CCc2cc(C)c(O)c(C(C)(C)C)c2)OC3)cc(C(C)(C)C)c1O.OCCOCCOCCO. The van der Waals surface area contributed by atoms with E-state index in [1.807, 2.05) is 65.8 Å². The lowest BCUT2D eigenvalue weighted by molar-refractivity contribution is -0.337. The first-order chi connectivity index (χ1) is 29.3. The van der Waals surface area contributed by atoms with Gasteiger partial charge < -0.3 is 58.3 Å². The van der Waals surface area contributed by atoms with Crippen LogP contribution in [0.5, 0.6) is 11.5 Å². The molecular weight excluding hydrogens is 813 g/mol. The minimum absolute atomic E-state index is 0.0417. The number of rotatable bonds is 19. The van der Waals surface area contributed by atoms with E-state index >= 15 is 0 Å². The van der Waals surface area contributed by atoms with Crippen molar-refractivity contribution < 1.29 is 67.9 Å². The molecular formula is C49H78O14. The predicted molar refractivity (Wildman–Crippen MR) is 239 cm³/mol. The molecule has 0 bridgehead atoms. The van der Waals surface area contributed by atoms with Crippen molar-refractivity contribution in [2.24, 2.45) is 16.2 Å². The Bertz CT molecular complexity index is 1610. The third kappa shape index (κ3) is 16.9. The highest BCUT2D eigenvalue weighted by molar-refractivity contribution is 5.70. The first-order valence-electron chi connectivity index (χ1n) is 22.1. The molecule has 2 aliphatic rings. The summed E-state index contributed by atoms with van der Waals surface area (Å²) in [7, 11) is 0. The van der Waals surface area contributed by atoms with Crippen LogP contribution in [0.15, 0.2) is 24.3 Å². The van der Waals surface area contributed by atoms with E-state index in [-0.39, 0.29) is 62.0 Å². The number of aliphatic hydroxyl groups is 2. The van der Waals surface area contributed by atoms with Crippen LogP contribution >= 0.6 is 0 Å². The highest BCUT2D eigenvalue weighted by Gasteiger charge is 2.48. The smallest absolute Gasteiger partial charge is 0.306 e. The molecule has 14 heteroatoms. The maximum Gasteiger partial charge on any atom is 0.306 e. The number of aryl methyl sites for hydroxylation is 4. The lowest BCUT2D eigenvalue weighted by Crippen LogP contribution is -2.57. The molecule has 63 heavy (non-hydrogen) atoms. The van der Waals surface area contributed by atoms with Crippen LogP contribution in [0.2, 0.25) is 0 Å². The van der Waals surface area contributed by atoms with Crippen molar-refractivity contribution in [1.82, 2.24) is 0 Å². The number of esters is 2. The molecule has 4 rings (SSSR count). The average Bonchev–Trinajstić information content (AvgIpc) is 3.21. The zero-order chi connectivity index (χ0) is 47.2. The van der Waals surface area contributed by atoms with E-state index in [0.717, 1.165) is 33.4 Å². The largest absolute Gasteiger partial charge is 0.507 e. The number of hydrogen-bond donors (Lipinski definition) is 4. The summed E-state index contributed by atoms with van der Waals surface area (Å²) in [6, 6.07) is 7.79. The Morgan fingerprint density at radius 3 is 1.22 bits per heavy atom. The van der Waals surface area contributed by atoms with Gasteiger partial charge in [-0.05, 0) is 70.9 Å². The van der Waals surface area contributed by atoms with Crippen molar-refractivity contribution in [3.63, 3.8) is 0 Å². The minimum Gasteiger partial charge on any atom is -0.507 e. The van der Waals surface area contributed by atoms with Gasteiger partial charge in [0.25, 0.3) is 0 Å². The van der Waals surface area contributed by atoms with E-state index in [4.69, 9.17) is 48.1 Å². The van der Waals surface area contributed by atoms with Crippen LogP contribution in [0.3, 0.4) is 0 Å². The first kappa shape index (κ1) is 54.0. The molecule has 0 atom stereocenters. The summed E-state index contributed by atoms with van der Waals surface area (Å²) >= 11 is 0. The quantitative estimate of drug-likeness (QED) is 0.0857. The number of hydrogen-bond acceptors (Lipinski definition) is 14. The number of phenolic OH excluding ortho intramolecular Hbond substituents is 2. The molecule has 0 amide bonds. The number of phenols is 2. The fraction of sp³-hybridized carbons (Fsp3) is 0.714. The van der Waals surface area contributed by atoms with Crippen molar-refractivity contribution in [2.45, 2.75) is 132 Å². The molecule has 0 aliphatic carbocycles. The van der Waals surface area contributed by atoms with Gasteiger partial charge in [0.1, 0.15) is 24.7 Å². The van der Waals surface area contributed by atoms with Crippen LogP contribution in [-0.4, -0.2) is 124 Å². The highest BCUT2D eigenvalue weighted by Crippen LogP contribution is 2.40. The molecule has 2 aromatic rings. The fourth-order valence-corrected chi connectivity index (χ4v) is 7.16. The van der Waals surface area contributed by atoms with E-state index in [1.165, 1.54) is 0 Å². The summed E-state index contributed by atoms with van der Waals surface area (Å²) in [4.78, 5) is 25.5. The molecule has 2 aromatic carbocycles. The van der Waals surface area contributed by atoms with Gasteiger partial charge in [0.05, 0.1) is 71.5 Å². The van der Waals surface area contributed by atoms with Crippen LogP contribution in [0.25, 0.3) is 0 Å². The van der Waals surface area contributed by atoms with Crippen molar-refractivity contribution >= 4 is 11.9 Å². The van der Waals surface area contributed by atoms with Crippen molar-refractivity contribution in [2.75, 3.05) is 79.3 Å². The highest BCUT2D eigenvalue weighted by atomic mass is 16.7. The lowest BCUT2D eigenvalue weighted by atomic mass is 9.83. The second-order valence-electron chi connectivity index (χ2n) is 20.5. The normalized spacial score (nSPS) is 19.7. The molecule has 2 saturated heterocycles. The van der Waals surface area contributed by atoms with Gasteiger partial charge >= 0.3 is 11.9 Å². The van der Waals surface area contributed by atoms with Crippen molar-refractivity contribution in [1.29, 1.82) is 0 Å². The van der Waals surface area contributed by atoms with E-state index in [9.17, 15) is 19.8 Å². The van der Waals surface area contributed by atoms with Gasteiger partial charge in [0, 0.05) is 23.7 Å². The number of aromatic hydroxyl groups is 2. The molecule has 14 nitrogen and oxygen atoms in total. The summed E-state index contributed by atoms with van der Waals surface area (Å²) < 4.78 is 45.9. The zero-order valence-electron chi connectivity index (χ0n) is 40.1. The van der Waals surface area contributed by atoms with E-state index in [2.05, 4.69) is 41.5 Å². The topological polar surface area (TPSA) is 189 Å². The number of carbonyl (C=O) groups is 2. The van der Waals surface area contributed by atoms with Gasteiger partial charge in [-0.2, -0.15) is 0 Å². The summed E-state index contributed by atoms with van der Waals surface area (Å²) in [5.41, 5.74) is 3.20. The molecule has 2 fully saturated rings. The number of carbonyl (C=O) groups excluding carboxylic acids is 2. The molecule has 1 spiro atoms. The van der Waals surface area contributed by atoms with Crippen LogP contribution in [-0.2, 0) is 71.2 Å². The number of aliphatic hydroxyl groups excluding tert-OH is 2. The van der Waals surface area contributed by atoms with Crippen LogP contribution in [0.4, 0.5) is 0 Å². The monoisotopic (exact) mass is 891 g/mol. The Morgan fingerprint density at radius 1 is 0.587 bits per heavy atom. The second-order valence-corrected chi connectivity index (χ2v) is 20.5. The van der Waals surface area contributed by atoms with Crippen molar-refractivity contribution in [3.05, 3.63) is 57.6 Å². The van der Waals surface area contributed by atoms with Gasteiger partial charge in [-0.3, -0.25) is 9.59 Å². The minimum atomic E-state index is -0.591. The average molecular weight is 891 g/mol. The number of benzene rings is 2. The van der Waals surface area contributed by atoms with Gasteiger partial charge in [0.15, 0.2) is 12.6 Å². The van der Waals surface area contributed by atoms with E-state index in [1.54, 1.807) is 0 Å². The number of ether oxygens (including phenoxy) is 8. The summed E-state index contributed by atoms with van der Waals surface area (Å²) in [5.74, 6) is 0.00206. The van der Waals surface area contributed by atoms with Crippen LogP contribution in [0.1, 0.15) is 115 Å². The fourth-order valence-electron chi connectivity index (χ4n) is 7.16. The predicted octanol–water partition coefficient (Wildman–Crippen LogP) is 6.75. The Hall–Kier alpha value is -3.34. The van der Waals surface area contributed by atoms with E-state index < -0.39 is 28.8 Å². The molecule has 0 radical (unpaired) electrons. The molecule has 0 aromatic heterocycles. The van der Waals surface area contributed by atoms with Crippen molar-refractivity contribution in [3.8, 4) is 11.5 Å². The standard InChI is InChI=1S/C43H64O10.C6H14O4/c1-27-17-29(19-31(35(27)46)39(3,4)5)13-15-33(44)48-21-41(9,10)37-50-23-43(24-51-37)25-52-38(53-26-43)42(11,12)22-49-34(45)16-14-30-18-28(2)36(47)32(20-30)40(6,7)8;7-1-3-9-5-6-10-4-2-8/h17-20,37-38,46-47H,13-16,21-26H2,1-12H3;7-8H,1-6H2. The Balaban J connectivity index is 0.000000938. The molecule has 358 valence electrons. The third-order valence-electron chi connectivity index (χ3n) is 11.1. The molecule has 2 heterocycles. The molecule has 0 unspecified atom stereocenters. The Morgan fingerprint density at radius 2 is 0.921 bits per heavy atom. The summed E-state index contributed by atoms with van der Waals surface area (Å²) in [6.45, 7) is 27.3. The lowest BCUT2D eigenvalue weighted by Gasteiger charge is -2.48. The first-order valence-corrected chi connectivity index (χ1v) is 22.1. The maximum absolute atomic E-state index is 12.7. The van der Waals surface area contributed by atoms with Crippen LogP contribution < -0.4 is 0 Å². The van der Waals surface area contributed by atoms with Gasteiger partial charge in [-0.15, -0.1) is 0 Å². The second kappa shape index (κ2) is 23.7. The van der Waals surface area contributed by atoms with Gasteiger partial charge in [-0.25, -0.2) is 0 Å². The third-order valence-corrected chi connectivity index (χ3v) is 11.1. The van der Waals surface area contributed by atoms with E-state index in [0.29, 0.717) is 77.2 Å². The van der Waals surface area contributed by atoms with Crippen LogP contribution in [0, 0.1) is 30.1 Å². The maximum atomic E-state index is 12.7. The molecule has 4 N–H and O–H groups in total. The Kier molecular flexibility index (Phi) is 20.3. The molecule has 2 aliphatic heterocycles. The van der Waals surface area contributed by atoms with Gasteiger partial charge in [0.2, 0.25) is 0 Å². The molecule has 0 saturated carbocycles.